The van der Waals surface area contributed by atoms with Crippen LogP contribution in [0.3, 0.4) is 0 Å². The average Bonchev–Trinajstić information content (AvgIpc) is 3.67. The first-order valence-electron chi connectivity index (χ1n) is 17.7. The zero-order valence-electron chi connectivity index (χ0n) is 27.6. The molecule has 51 heavy (non-hydrogen) atoms. The molecule has 0 unspecified atom stereocenters. The van der Waals surface area contributed by atoms with Gasteiger partial charge in [0.1, 0.15) is 0 Å². The molecule has 0 atom stereocenters. The number of fused-ring (bicyclic) bond motifs is 19. The van der Waals surface area contributed by atoms with Crippen LogP contribution in [0.15, 0.2) is 170 Å². The van der Waals surface area contributed by atoms with Crippen LogP contribution in [0.5, 0.6) is 0 Å². The molecule has 0 N–H and O–H groups in total. The van der Waals surface area contributed by atoms with Gasteiger partial charge in [-0.05, 0) is 107 Å². The van der Waals surface area contributed by atoms with E-state index in [0.717, 1.165) is 33.1 Å². The highest BCUT2D eigenvalue weighted by atomic mass is 14.8. The first kappa shape index (κ1) is 27.2. The number of hydrogen-bond donors (Lipinski definition) is 0. The Kier molecular flexibility index (Phi) is 5.20. The van der Waals surface area contributed by atoms with Gasteiger partial charge in [-0.15, -0.1) is 0 Å². The summed E-state index contributed by atoms with van der Waals surface area (Å²) in [5.74, 6) is 0. The Labute approximate surface area is 294 Å². The fourth-order valence-corrected chi connectivity index (χ4v) is 9.60. The van der Waals surface area contributed by atoms with Crippen LogP contribution in [0, 0.1) is 0 Å². The lowest BCUT2D eigenvalue weighted by molar-refractivity contribution is 0.803. The van der Waals surface area contributed by atoms with Crippen LogP contribution >= 0.6 is 0 Å². The predicted octanol–water partition coefficient (Wildman–Crippen LogP) is 12.3. The van der Waals surface area contributed by atoms with E-state index >= 15 is 0 Å². The summed E-state index contributed by atoms with van der Waals surface area (Å²) in [5, 5.41) is 9.87. The molecule has 12 rings (SSSR count). The lowest BCUT2D eigenvalue weighted by Crippen LogP contribution is -2.26. The quantitative estimate of drug-likeness (QED) is 0.166. The van der Waals surface area contributed by atoms with Gasteiger partial charge in [-0.1, -0.05) is 133 Å². The molecule has 0 fully saturated rings. The number of hydrogen-bond acceptors (Lipinski definition) is 2. The van der Waals surface area contributed by atoms with Crippen molar-refractivity contribution in [3.05, 3.63) is 192 Å². The summed E-state index contributed by atoms with van der Waals surface area (Å²) in [6, 6.07) is 60.7. The molecule has 2 nitrogen and oxygen atoms in total. The van der Waals surface area contributed by atoms with Gasteiger partial charge in [0, 0.05) is 22.5 Å². The molecule has 10 aromatic rings. The van der Waals surface area contributed by atoms with E-state index in [1.165, 1.54) is 76.8 Å². The van der Waals surface area contributed by atoms with Crippen LogP contribution in [0.4, 0.5) is 0 Å². The van der Waals surface area contributed by atoms with E-state index in [-0.39, 0.29) is 0 Å². The number of rotatable bonds is 1. The van der Waals surface area contributed by atoms with Crippen molar-refractivity contribution in [1.82, 2.24) is 9.97 Å². The molecular weight excluding hydrogens is 617 g/mol. The fraction of sp³-hybridized carbons (Fsp3) is 0.0204. The Morgan fingerprint density at radius 3 is 1.80 bits per heavy atom. The monoisotopic (exact) mass is 644 g/mol. The standard InChI is InChI=1S/C49H28N2/c1-3-15-38-34(11-1)35-12-2-4-16-39(35)46-45(38)40-27-31-21-22-32(44-24-23-30-20-19-29-10-9-25-50-47(29)48(30)51-44)26-33(31)28-43(40)49(46)41-17-7-5-13-36(41)37-14-6-8-18-42(37)49/h1-28H. The number of pyridine rings is 2. The van der Waals surface area contributed by atoms with Crippen LogP contribution < -0.4 is 0 Å². The van der Waals surface area contributed by atoms with Gasteiger partial charge in [0.15, 0.2) is 0 Å². The maximum absolute atomic E-state index is 5.22. The second kappa shape index (κ2) is 9.74. The summed E-state index contributed by atoms with van der Waals surface area (Å²) in [4.78, 5) is 9.93. The van der Waals surface area contributed by atoms with Gasteiger partial charge in [-0.3, -0.25) is 4.98 Å². The molecule has 0 amide bonds. The molecule has 0 radical (unpaired) electrons. The molecule has 0 bridgehead atoms. The van der Waals surface area contributed by atoms with Gasteiger partial charge in [-0.25, -0.2) is 4.98 Å². The van der Waals surface area contributed by atoms with Crippen LogP contribution in [0.25, 0.3) is 87.6 Å². The van der Waals surface area contributed by atoms with E-state index < -0.39 is 5.41 Å². The highest BCUT2D eigenvalue weighted by Crippen LogP contribution is 2.65. The van der Waals surface area contributed by atoms with Crippen LogP contribution in [-0.4, -0.2) is 9.97 Å². The third-order valence-corrected chi connectivity index (χ3v) is 11.6. The number of benzene rings is 8. The maximum atomic E-state index is 5.22. The lowest BCUT2D eigenvalue weighted by atomic mass is 9.69. The van der Waals surface area contributed by atoms with E-state index in [9.17, 15) is 0 Å². The van der Waals surface area contributed by atoms with Crippen molar-refractivity contribution in [3.8, 4) is 33.5 Å². The summed E-state index contributed by atoms with van der Waals surface area (Å²) in [7, 11) is 0. The Hall–Kier alpha value is -6.64. The lowest BCUT2D eigenvalue weighted by Gasteiger charge is -2.32. The van der Waals surface area contributed by atoms with Crippen LogP contribution in [0.2, 0.25) is 0 Å². The molecule has 0 saturated heterocycles. The molecule has 2 aromatic heterocycles. The maximum Gasteiger partial charge on any atom is 0.0972 e. The number of aromatic nitrogens is 2. The third-order valence-electron chi connectivity index (χ3n) is 11.6. The Morgan fingerprint density at radius 2 is 1.02 bits per heavy atom. The van der Waals surface area contributed by atoms with Crippen LogP contribution in [0.1, 0.15) is 22.3 Å². The van der Waals surface area contributed by atoms with Crippen molar-refractivity contribution in [2.75, 3.05) is 0 Å². The van der Waals surface area contributed by atoms with E-state index in [1.54, 1.807) is 0 Å². The molecule has 2 heteroatoms. The van der Waals surface area contributed by atoms with Crippen molar-refractivity contribution in [2.24, 2.45) is 0 Å². The number of nitrogens with zero attached hydrogens (tertiary/aromatic N) is 2. The second-order valence-electron chi connectivity index (χ2n) is 14.1. The van der Waals surface area contributed by atoms with Gasteiger partial charge in [0.05, 0.1) is 22.1 Å². The summed E-state index contributed by atoms with van der Waals surface area (Å²) in [6.07, 6.45) is 1.85. The first-order valence-corrected chi connectivity index (χ1v) is 17.7. The van der Waals surface area contributed by atoms with Gasteiger partial charge < -0.3 is 0 Å². The Balaban J connectivity index is 1.20. The minimum Gasteiger partial charge on any atom is -0.254 e. The minimum atomic E-state index is -0.461. The molecule has 2 heterocycles. The summed E-state index contributed by atoms with van der Waals surface area (Å²) >= 11 is 0. The highest BCUT2D eigenvalue weighted by Gasteiger charge is 2.53. The van der Waals surface area contributed by atoms with Crippen molar-refractivity contribution < 1.29 is 0 Å². The topological polar surface area (TPSA) is 25.8 Å². The zero-order valence-corrected chi connectivity index (χ0v) is 27.6. The Morgan fingerprint density at radius 1 is 0.392 bits per heavy atom. The summed E-state index contributed by atoms with van der Waals surface area (Å²) in [5.41, 5.74) is 14.2. The highest BCUT2D eigenvalue weighted by molar-refractivity contribution is 6.20. The zero-order chi connectivity index (χ0) is 33.3. The largest absolute Gasteiger partial charge is 0.254 e. The molecule has 0 aliphatic heterocycles. The van der Waals surface area contributed by atoms with E-state index in [1.807, 2.05) is 12.3 Å². The Bertz CT molecular complexity index is 3110. The average molecular weight is 645 g/mol. The molecule has 234 valence electrons. The second-order valence-corrected chi connectivity index (χ2v) is 14.1. The summed E-state index contributed by atoms with van der Waals surface area (Å²) in [6.45, 7) is 0. The molecule has 2 aliphatic rings. The molecule has 8 aromatic carbocycles. The third kappa shape index (κ3) is 3.42. The smallest absolute Gasteiger partial charge is 0.0972 e. The van der Waals surface area contributed by atoms with Gasteiger partial charge >= 0.3 is 0 Å². The SMILES string of the molecule is c1ccc2c(c1)-c1ccccc1C21c2cc3cc(-c4ccc5ccc6cccnc6c5n4)ccc3cc2-c2c1c1ccccc1c1ccccc21. The fourth-order valence-electron chi connectivity index (χ4n) is 9.60. The molecule has 1 spiro atoms. The van der Waals surface area contributed by atoms with Crippen molar-refractivity contribution in [2.45, 2.75) is 5.41 Å². The van der Waals surface area contributed by atoms with E-state index in [0.29, 0.717) is 0 Å². The van der Waals surface area contributed by atoms with E-state index in [2.05, 4.69) is 158 Å². The van der Waals surface area contributed by atoms with Gasteiger partial charge in [0.25, 0.3) is 0 Å². The molecular formula is C49H28N2. The first-order chi connectivity index (χ1) is 25.3. The predicted molar refractivity (Wildman–Crippen MR) is 211 cm³/mol. The van der Waals surface area contributed by atoms with E-state index in [4.69, 9.17) is 9.97 Å². The van der Waals surface area contributed by atoms with Crippen molar-refractivity contribution in [3.63, 3.8) is 0 Å². The normalized spacial score (nSPS) is 13.6. The summed E-state index contributed by atoms with van der Waals surface area (Å²) < 4.78 is 0. The molecule has 2 aliphatic carbocycles. The van der Waals surface area contributed by atoms with Crippen LogP contribution in [-0.2, 0) is 5.41 Å². The van der Waals surface area contributed by atoms with Gasteiger partial charge in [-0.2, -0.15) is 0 Å². The van der Waals surface area contributed by atoms with Crippen molar-refractivity contribution in [1.29, 1.82) is 0 Å². The van der Waals surface area contributed by atoms with Crippen molar-refractivity contribution >= 4 is 54.1 Å². The van der Waals surface area contributed by atoms with Gasteiger partial charge in [0.2, 0.25) is 0 Å². The molecule has 0 saturated carbocycles. The minimum absolute atomic E-state index is 0.461.